The van der Waals surface area contributed by atoms with Crippen LogP contribution in [0.3, 0.4) is 0 Å². The predicted octanol–water partition coefficient (Wildman–Crippen LogP) is 2.31. The van der Waals surface area contributed by atoms with Gasteiger partial charge < -0.3 is 10.1 Å². The molecule has 21 heavy (non-hydrogen) atoms. The van der Waals surface area contributed by atoms with Crippen molar-refractivity contribution in [1.82, 2.24) is 19.6 Å². The molecular formula is C15H17N5O. The highest BCUT2D eigenvalue weighted by atomic mass is 16.5. The number of ether oxygens (including phenoxy) is 1. The molecule has 0 bridgehead atoms. The highest BCUT2D eigenvalue weighted by Gasteiger charge is 2.09. The number of hydrogen-bond acceptors (Lipinski definition) is 5. The number of hydrogen-bond donors (Lipinski definition) is 1. The van der Waals surface area contributed by atoms with E-state index in [1.54, 1.807) is 12.5 Å². The molecule has 1 atom stereocenters. The van der Waals surface area contributed by atoms with E-state index >= 15 is 0 Å². The van der Waals surface area contributed by atoms with Gasteiger partial charge in [0.05, 0.1) is 6.04 Å². The van der Waals surface area contributed by atoms with Gasteiger partial charge in [0.1, 0.15) is 18.7 Å². The largest absolute Gasteiger partial charge is 0.491 e. The van der Waals surface area contributed by atoms with Crippen molar-refractivity contribution in [2.24, 2.45) is 0 Å². The maximum absolute atomic E-state index is 5.76. The molecule has 3 aromatic rings. The lowest BCUT2D eigenvalue weighted by Gasteiger charge is -2.15. The Kier molecular flexibility index (Phi) is 3.68. The van der Waals surface area contributed by atoms with Gasteiger partial charge in [0, 0.05) is 12.4 Å². The van der Waals surface area contributed by atoms with Gasteiger partial charge in [-0.3, -0.25) is 4.40 Å². The third-order valence-electron chi connectivity index (χ3n) is 3.12. The van der Waals surface area contributed by atoms with E-state index in [4.69, 9.17) is 4.74 Å². The summed E-state index contributed by atoms with van der Waals surface area (Å²) in [5.74, 6) is 1.57. The van der Waals surface area contributed by atoms with Crippen molar-refractivity contribution in [1.29, 1.82) is 0 Å². The van der Waals surface area contributed by atoms with E-state index in [9.17, 15) is 0 Å². The molecule has 0 saturated heterocycles. The standard InChI is InChI=1S/C15H17N5O/c1-11-3-5-13(6-4-11)21-9-12(2)18-14-15-19-17-10-20(15)8-7-16-14/h3-8,10,12H,9H2,1-2H3,(H,16,18). The number of rotatable bonds is 5. The molecule has 3 rings (SSSR count). The first-order valence-corrected chi connectivity index (χ1v) is 6.83. The number of aryl methyl sites for hydroxylation is 1. The second-order valence-corrected chi connectivity index (χ2v) is 5.01. The summed E-state index contributed by atoms with van der Waals surface area (Å²) in [5, 5.41) is 11.2. The van der Waals surface area contributed by atoms with Crippen LogP contribution in [0.25, 0.3) is 5.65 Å². The normalized spacial score (nSPS) is 12.3. The number of aromatic nitrogens is 4. The molecule has 1 unspecified atom stereocenters. The summed E-state index contributed by atoms with van der Waals surface area (Å²) < 4.78 is 7.58. The topological polar surface area (TPSA) is 64.3 Å². The maximum Gasteiger partial charge on any atom is 0.203 e. The lowest BCUT2D eigenvalue weighted by atomic mass is 10.2. The van der Waals surface area contributed by atoms with E-state index in [1.807, 2.05) is 41.8 Å². The molecule has 0 aliphatic heterocycles. The fourth-order valence-electron chi connectivity index (χ4n) is 1.99. The zero-order valence-electron chi connectivity index (χ0n) is 12.0. The van der Waals surface area contributed by atoms with Crippen LogP contribution in [0.5, 0.6) is 5.75 Å². The molecule has 2 heterocycles. The Bertz CT molecular complexity index is 722. The Balaban J connectivity index is 1.62. The maximum atomic E-state index is 5.76. The van der Waals surface area contributed by atoms with Gasteiger partial charge in [-0.2, -0.15) is 0 Å². The summed E-state index contributed by atoms with van der Waals surface area (Å²) >= 11 is 0. The summed E-state index contributed by atoms with van der Waals surface area (Å²) in [6.07, 6.45) is 5.18. The fourth-order valence-corrected chi connectivity index (χ4v) is 1.99. The Labute approximate surface area is 122 Å². The highest BCUT2D eigenvalue weighted by molar-refractivity contribution is 5.61. The van der Waals surface area contributed by atoms with Gasteiger partial charge in [-0.1, -0.05) is 17.7 Å². The predicted molar refractivity (Wildman–Crippen MR) is 80.5 cm³/mol. The van der Waals surface area contributed by atoms with Gasteiger partial charge in [0.25, 0.3) is 0 Å². The van der Waals surface area contributed by atoms with Crippen LogP contribution in [-0.2, 0) is 0 Å². The zero-order valence-corrected chi connectivity index (χ0v) is 12.0. The highest BCUT2D eigenvalue weighted by Crippen LogP contribution is 2.14. The molecular weight excluding hydrogens is 266 g/mol. The first-order chi connectivity index (χ1) is 10.2. The summed E-state index contributed by atoms with van der Waals surface area (Å²) in [4.78, 5) is 4.30. The second-order valence-electron chi connectivity index (χ2n) is 5.01. The monoisotopic (exact) mass is 283 g/mol. The average molecular weight is 283 g/mol. The minimum Gasteiger partial charge on any atom is -0.491 e. The SMILES string of the molecule is Cc1ccc(OCC(C)Nc2nccn3cnnc23)cc1. The van der Waals surface area contributed by atoms with Crippen molar-refractivity contribution < 1.29 is 4.74 Å². The van der Waals surface area contributed by atoms with Crippen LogP contribution >= 0.6 is 0 Å². The van der Waals surface area contributed by atoms with E-state index in [2.05, 4.69) is 27.4 Å². The van der Waals surface area contributed by atoms with Crippen molar-refractivity contribution in [3.8, 4) is 5.75 Å². The lowest BCUT2D eigenvalue weighted by Crippen LogP contribution is -2.24. The molecule has 1 aromatic carbocycles. The van der Waals surface area contributed by atoms with Crippen LogP contribution in [0.1, 0.15) is 12.5 Å². The first-order valence-electron chi connectivity index (χ1n) is 6.83. The minimum atomic E-state index is 0.0988. The summed E-state index contributed by atoms with van der Waals surface area (Å²) in [7, 11) is 0. The second kappa shape index (κ2) is 5.78. The smallest absolute Gasteiger partial charge is 0.203 e. The molecule has 2 aromatic heterocycles. The number of benzene rings is 1. The molecule has 108 valence electrons. The van der Waals surface area contributed by atoms with Crippen LogP contribution in [0, 0.1) is 6.92 Å². The van der Waals surface area contributed by atoms with Crippen LogP contribution < -0.4 is 10.1 Å². The molecule has 0 aliphatic carbocycles. The third kappa shape index (κ3) is 3.10. The molecule has 6 heteroatoms. The third-order valence-corrected chi connectivity index (χ3v) is 3.12. The number of fused-ring (bicyclic) bond motifs is 1. The van der Waals surface area contributed by atoms with Crippen molar-refractivity contribution in [2.45, 2.75) is 19.9 Å². The molecule has 1 N–H and O–H groups in total. The van der Waals surface area contributed by atoms with Crippen LogP contribution in [0.4, 0.5) is 5.82 Å². The zero-order chi connectivity index (χ0) is 14.7. The number of anilines is 1. The Morgan fingerprint density at radius 1 is 1.29 bits per heavy atom. The van der Waals surface area contributed by atoms with Crippen molar-refractivity contribution in [2.75, 3.05) is 11.9 Å². The van der Waals surface area contributed by atoms with Gasteiger partial charge >= 0.3 is 0 Å². The van der Waals surface area contributed by atoms with E-state index < -0.39 is 0 Å². The fraction of sp³-hybridized carbons (Fsp3) is 0.267. The van der Waals surface area contributed by atoms with Crippen LogP contribution in [0.15, 0.2) is 43.0 Å². The number of nitrogens with one attached hydrogen (secondary N) is 1. The average Bonchev–Trinajstić information content (AvgIpc) is 2.96. The Morgan fingerprint density at radius 3 is 2.90 bits per heavy atom. The van der Waals surface area contributed by atoms with Gasteiger partial charge in [0.2, 0.25) is 5.65 Å². The van der Waals surface area contributed by atoms with Crippen LogP contribution in [0.2, 0.25) is 0 Å². The van der Waals surface area contributed by atoms with Crippen molar-refractivity contribution in [3.63, 3.8) is 0 Å². The van der Waals surface area contributed by atoms with Gasteiger partial charge in [-0.25, -0.2) is 4.98 Å². The molecule has 0 fully saturated rings. The molecule has 0 spiro atoms. The minimum absolute atomic E-state index is 0.0988. The molecule has 0 radical (unpaired) electrons. The molecule has 0 saturated carbocycles. The van der Waals surface area contributed by atoms with E-state index in [1.165, 1.54) is 5.56 Å². The Hall–Kier alpha value is -2.63. The first kappa shape index (κ1) is 13.4. The summed E-state index contributed by atoms with van der Waals surface area (Å²) in [5.41, 5.74) is 1.93. The van der Waals surface area contributed by atoms with Crippen LogP contribution in [-0.4, -0.2) is 32.2 Å². The van der Waals surface area contributed by atoms with E-state index in [0.29, 0.717) is 18.1 Å². The summed E-state index contributed by atoms with van der Waals surface area (Å²) in [6, 6.07) is 8.11. The van der Waals surface area contributed by atoms with E-state index in [-0.39, 0.29) is 6.04 Å². The van der Waals surface area contributed by atoms with E-state index in [0.717, 1.165) is 5.75 Å². The van der Waals surface area contributed by atoms with Crippen molar-refractivity contribution in [3.05, 3.63) is 48.5 Å². The van der Waals surface area contributed by atoms with Gasteiger partial charge in [-0.15, -0.1) is 10.2 Å². The number of nitrogens with zero attached hydrogens (tertiary/aromatic N) is 4. The quantitative estimate of drug-likeness (QED) is 0.778. The van der Waals surface area contributed by atoms with Gasteiger partial charge in [0.15, 0.2) is 5.82 Å². The summed E-state index contributed by atoms with van der Waals surface area (Å²) in [6.45, 7) is 4.63. The van der Waals surface area contributed by atoms with Crippen molar-refractivity contribution >= 4 is 11.5 Å². The van der Waals surface area contributed by atoms with Gasteiger partial charge in [-0.05, 0) is 26.0 Å². The molecule has 0 aliphatic rings. The lowest BCUT2D eigenvalue weighted by molar-refractivity contribution is 0.303. The molecule has 6 nitrogen and oxygen atoms in total. The Morgan fingerprint density at radius 2 is 2.10 bits per heavy atom. The molecule has 0 amide bonds.